The molecule has 112 valence electrons. The van der Waals surface area contributed by atoms with E-state index in [4.69, 9.17) is 14.2 Å². The molecule has 20 heavy (non-hydrogen) atoms. The van der Waals surface area contributed by atoms with Crippen LogP contribution in [0, 0.1) is 0 Å². The number of hydrogen-bond donors (Lipinski definition) is 0. The first-order chi connectivity index (χ1) is 9.80. The van der Waals surface area contributed by atoms with Gasteiger partial charge in [0.25, 0.3) is 0 Å². The van der Waals surface area contributed by atoms with Gasteiger partial charge in [0.15, 0.2) is 6.29 Å². The van der Waals surface area contributed by atoms with Gasteiger partial charge in [0, 0.05) is 20.6 Å². The summed E-state index contributed by atoms with van der Waals surface area (Å²) in [6.07, 6.45) is 5.02. The fraction of sp³-hybridized carbons (Fsp3) is 0.562. The summed E-state index contributed by atoms with van der Waals surface area (Å²) in [5.41, 5.74) is 1.27. The molecule has 4 nitrogen and oxygen atoms in total. The lowest BCUT2D eigenvalue weighted by Crippen LogP contribution is -2.12. The van der Waals surface area contributed by atoms with Crippen molar-refractivity contribution in [3.05, 3.63) is 29.8 Å². The Morgan fingerprint density at radius 3 is 2.40 bits per heavy atom. The van der Waals surface area contributed by atoms with Crippen LogP contribution in [-0.4, -0.2) is 33.4 Å². The maximum atomic E-state index is 10.2. The summed E-state index contributed by atoms with van der Waals surface area (Å²) in [7, 11) is 3.32. The number of aldehydes is 1. The summed E-state index contributed by atoms with van der Waals surface area (Å²) in [5, 5.41) is 0. The Balaban J connectivity index is 2.26. The number of benzene rings is 1. The van der Waals surface area contributed by atoms with E-state index in [9.17, 15) is 4.79 Å². The van der Waals surface area contributed by atoms with Crippen molar-refractivity contribution in [3.8, 4) is 5.75 Å². The van der Waals surface area contributed by atoms with Gasteiger partial charge in [0.05, 0.1) is 6.61 Å². The average Bonchev–Trinajstić information content (AvgIpc) is 2.49. The van der Waals surface area contributed by atoms with Crippen LogP contribution in [0.1, 0.15) is 31.2 Å². The number of methoxy groups -OCH3 is 2. The van der Waals surface area contributed by atoms with E-state index in [0.717, 1.165) is 37.7 Å². The minimum absolute atomic E-state index is 0.115. The van der Waals surface area contributed by atoms with Gasteiger partial charge in [-0.15, -0.1) is 0 Å². The molecule has 0 atom stereocenters. The standard InChI is InChI=1S/C16H24O4/c1-18-16(19-2)7-5-6-14-8-10-15(11-9-14)20-13-4-3-12-17/h8-12,16H,3-7,13H2,1-2H3. The second-order valence-electron chi connectivity index (χ2n) is 4.59. The lowest BCUT2D eigenvalue weighted by molar-refractivity contribution is -0.108. The number of rotatable bonds is 11. The molecule has 0 N–H and O–H groups in total. The summed E-state index contributed by atoms with van der Waals surface area (Å²) < 4.78 is 15.8. The second kappa shape index (κ2) is 10.4. The van der Waals surface area contributed by atoms with Crippen molar-refractivity contribution in [2.75, 3.05) is 20.8 Å². The fourth-order valence-electron chi connectivity index (χ4n) is 1.91. The Bertz CT molecular complexity index is 357. The highest BCUT2D eigenvalue weighted by atomic mass is 16.7. The van der Waals surface area contributed by atoms with Crippen molar-refractivity contribution >= 4 is 6.29 Å². The van der Waals surface area contributed by atoms with Crippen LogP contribution in [0.15, 0.2) is 24.3 Å². The van der Waals surface area contributed by atoms with Gasteiger partial charge < -0.3 is 19.0 Å². The van der Waals surface area contributed by atoms with E-state index in [1.54, 1.807) is 14.2 Å². The first-order valence-corrected chi connectivity index (χ1v) is 7.01. The van der Waals surface area contributed by atoms with E-state index in [2.05, 4.69) is 12.1 Å². The Morgan fingerprint density at radius 2 is 1.80 bits per heavy atom. The molecule has 1 rings (SSSR count). The number of unbranched alkanes of at least 4 members (excludes halogenated alkanes) is 1. The van der Waals surface area contributed by atoms with E-state index in [0.29, 0.717) is 13.0 Å². The van der Waals surface area contributed by atoms with E-state index >= 15 is 0 Å². The highest BCUT2D eigenvalue weighted by Gasteiger charge is 2.04. The zero-order chi connectivity index (χ0) is 14.6. The number of hydrogen-bond acceptors (Lipinski definition) is 4. The van der Waals surface area contributed by atoms with Crippen LogP contribution >= 0.6 is 0 Å². The van der Waals surface area contributed by atoms with Crippen molar-refractivity contribution in [2.24, 2.45) is 0 Å². The quantitative estimate of drug-likeness (QED) is 0.355. The van der Waals surface area contributed by atoms with Crippen molar-refractivity contribution in [1.82, 2.24) is 0 Å². The minimum atomic E-state index is -0.115. The van der Waals surface area contributed by atoms with Gasteiger partial charge in [-0.05, 0) is 43.4 Å². The van der Waals surface area contributed by atoms with Crippen molar-refractivity contribution < 1.29 is 19.0 Å². The fourth-order valence-corrected chi connectivity index (χ4v) is 1.91. The van der Waals surface area contributed by atoms with Gasteiger partial charge in [-0.1, -0.05) is 12.1 Å². The largest absolute Gasteiger partial charge is 0.494 e. The van der Waals surface area contributed by atoms with E-state index < -0.39 is 0 Å². The summed E-state index contributed by atoms with van der Waals surface area (Å²) in [6.45, 7) is 0.585. The Morgan fingerprint density at radius 1 is 1.10 bits per heavy atom. The lowest BCUT2D eigenvalue weighted by atomic mass is 10.1. The molecule has 0 radical (unpaired) electrons. The third kappa shape index (κ3) is 6.68. The highest BCUT2D eigenvalue weighted by Crippen LogP contribution is 2.15. The van der Waals surface area contributed by atoms with Gasteiger partial charge >= 0.3 is 0 Å². The van der Waals surface area contributed by atoms with E-state index in [-0.39, 0.29) is 6.29 Å². The normalized spacial score (nSPS) is 10.8. The van der Waals surface area contributed by atoms with Crippen LogP contribution in [0.5, 0.6) is 5.75 Å². The molecule has 1 aromatic rings. The van der Waals surface area contributed by atoms with Gasteiger partial charge in [-0.3, -0.25) is 0 Å². The van der Waals surface area contributed by atoms with Crippen molar-refractivity contribution in [2.45, 2.75) is 38.4 Å². The Hall–Kier alpha value is -1.39. The molecule has 0 spiro atoms. The number of aryl methyl sites for hydroxylation is 1. The van der Waals surface area contributed by atoms with Crippen molar-refractivity contribution in [1.29, 1.82) is 0 Å². The van der Waals surface area contributed by atoms with Crippen LogP contribution in [0.3, 0.4) is 0 Å². The molecule has 0 saturated heterocycles. The van der Waals surface area contributed by atoms with Crippen LogP contribution in [0.2, 0.25) is 0 Å². The Labute approximate surface area is 121 Å². The van der Waals surface area contributed by atoms with Gasteiger partial charge in [0.1, 0.15) is 12.0 Å². The topological polar surface area (TPSA) is 44.8 Å². The smallest absolute Gasteiger partial charge is 0.156 e. The summed E-state index contributed by atoms with van der Waals surface area (Å²) in [6, 6.07) is 8.09. The molecule has 0 fully saturated rings. The molecule has 1 aromatic carbocycles. The van der Waals surface area contributed by atoms with Crippen molar-refractivity contribution in [3.63, 3.8) is 0 Å². The second-order valence-corrected chi connectivity index (χ2v) is 4.59. The predicted molar refractivity (Wildman–Crippen MR) is 78.0 cm³/mol. The zero-order valence-corrected chi connectivity index (χ0v) is 12.3. The van der Waals surface area contributed by atoms with Crippen LogP contribution < -0.4 is 4.74 Å². The lowest BCUT2D eigenvalue weighted by Gasteiger charge is -2.12. The van der Waals surface area contributed by atoms with Crippen LogP contribution in [0.4, 0.5) is 0 Å². The number of carbonyl (C=O) groups is 1. The SMILES string of the molecule is COC(CCCc1ccc(OCCCC=O)cc1)OC. The summed E-state index contributed by atoms with van der Waals surface area (Å²) >= 11 is 0. The van der Waals surface area contributed by atoms with Gasteiger partial charge in [-0.25, -0.2) is 0 Å². The summed E-state index contributed by atoms with van der Waals surface area (Å²) in [5.74, 6) is 0.853. The Kier molecular flexibility index (Phi) is 8.67. The molecular formula is C16H24O4. The molecule has 0 heterocycles. The first kappa shape index (κ1) is 16.7. The monoisotopic (exact) mass is 280 g/mol. The molecule has 4 heteroatoms. The summed E-state index contributed by atoms with van der Waals surface area (Å²) in [4.78, 5) is 10.2. The van der Waals surface area contributed by atoms with Crippen LogP contribution in [-0.2, 0) is 20.7 Å². The zero-order valence-electron chi connectivity index (χ0n) is 12.3. The predicted octanol–water partition coefficient (Wildman–Crippen LogP) is 2.99. The number of ether oxygens (including phenoxy) is 3. The molecule has 0 saturated carbocycles. The van der Waals surface area contributed by atoms with E-state index in [1.165, 1.54) is 5.56 Å². The number of carbonyl (C=O) groups excluding carboxylic acids is 1. The highest BCUT2D eigenvalue weighted by molar-refractivity contribution is 5.49. The molecule has 0 bridgehead atoms. The molecule has 0 aliphatic rings. The molecule has 0 aliphatic carbocycles. The molecule has 0 amide bonds. The maximum absolute atomic E-state index is 10.2. The average molecular weight is 280 g/mol. The van der Waals surface area contributed by atoms with Gasteiger partial charge in [-0.2, -0.15) is 0 Å². The molecular weight excluding hydrogens is 256 g/mol. The van der Waals surface area contributed by atoms with Crippen LogP contribution in [0.25, 0.3) is 0 Å². The third-order valence-corrected chi connectivity index (χ3v) is 3.09. The maximum Gasteiger partial charge on any atom is 0.156 e. The first-order valence-electron chi connectivity index (χ1n) is 7.01. The van der Waals surface area contributed by atoms with E-state index in [1.807, 2.05) is 12.1 Å². The third-order valence-electron chi connectivity index (χ3n) is 3.09. The van der Waals surface area contributed by atoms with Gasteiger partial charge in [0.2, 0.25) is 0 Å². The molecule has 0 aliphatic heterocycles. The minimum Gasteiger partial charge on any atom is -0.494 e. The molecule has 0 aromatic heterocycles. The molecule has 0 unspecified atom stereocenters.